The first kappa shape index (κ1) is 16.9. The molecule has 0 radical (unpaired) electrons. The van der Waals surface area contributed by atoms with E-state index in [1.165, 1.54) is 26.0 Å². The number of hydrogen-bond donors (Lipinski definition) is 1. The smallest absolute Gasteiger partial charge is 0.418 e. The highest BCUT2D eigenvalue weighted by molar-refractivity contribution is 5.88. The lowest BCUT2D eigenvalue weighted by molar-refractivity contribution is -0.321. The van der Waals surface area contributed by atoms with Crippen molar-refractivity contribution in [2.45, 2.75) is 19.3 Å². The number of nitrogens with zero attached hydrogens (tertiary/aromatic N) is 1. The normalized spacial score (nSPS) is 11.0. The lowest BCUT2D eigenvalue weighted by Crippen LogP contribution is -2.42. The van der Waals surface area contributed by atoms with Crippen LogP contribution in [0.15, 0.2) is 30.3 Å². The maximum Gasteiger partial charge on any atom is 0.418 e. The molecule has 0 aliphatic heterocycles. The predicted molar refractivity (Wildman–Crippen MR) is 74.9 cm³/mol. The number of carboxylic acid groups (broad SMARTS) is 1. The number of carboxylic acids is 1. The van der Waals surface area contributed by atoms with E-state index in [-0.39, 0.29) is 13.0 Å². The van der Waals surface area contributed by atoms with E-state index in [1.807, 2.05) is 0 Å². The number of ether oxygens (including phenoxy) is 3. The van der Waals surface area contributed by atoms with Crippen molar-refractivity contribution in [3.8, 4) is 0 Å². The number of rotatable bonds is 7. The van der Waals surface area contributed by atoms with Crippen molar-refractivity contribution in [2.24, 2.45) is 0 Å². The maximum absolute atomic E-state index is 12.2. The van der Waals surface area contributed by atoms with Crippen molar-refractivity contribution in [2.75, 3.05) is 25.7 Å². The Morgan fingerprint density at radius 2 is 1.76 bits per heavy atom. The fraction of sp³-hybridized carbons (Fsp3) is 0.429. The van der Waals surface area contributed by atoms with Gasteiger partial charge in [0.2, 0.25) is 0 Å². The fourth-order valence-electron chi connectivity index (χ4n) is 1.52. The number of para-hydroxylation sites is 1. The van der Waals surface area contributed by atoms with Gasteiger partial charge >= 0.3 is 18.0 Å². The van der Waals surface area contributed by atoms with Gasteiger partial charge < -0.3 is 19.3 Å². The molecule has 0 aliphatic rings. The molecule has 0 spiro atoms. The Kier molecular flexibility index (Phi) is 6.13. The van der Waals surface area contributed by atoms with Crippen molar-refractivity contribution in [1.82, 2.24) is 0 Å². The highest BCUT2D eigenvalue weighted by atomic mass is 16.9. The summed E-state index contributed by atoms with van der Waals surface area (Å²) in [6.07, 6.45) is -0.964. The molecule has 0 aromatic heterocycles. The van der Waals surface area contributed by atoms with Gasteiger partial charge in [-0.2, -0.15) is 0 Å². The molecule has 0 aliphatic carbocycles. The molecule has 0 saturated carbocycles. The molecule has 0 unspecified atom stereocenters. The van der Waals surface area contributed by atoms with Gasteiger partial charge in [0.05, 0.1) is 6.42 Å². The minimum Gasteiger partial charge on any atom is -0.481 e. The van der Waals surface area contributed by atoms with Crippen molar-refractivity contribution < 1.29 is 28.9 Å². The van der Waals surface area contributed by atoms with Crippen LogP contribution in [0.25, 0.3) is 0 Å². The van der Waals surface area contributed by atoms with Crippen LogP contribution in [0.2, 0.25) is 0 Å². The molecule has 21 heavy (non-hydrogen) atoms. The maximum atomic E-state index is 12.2. The van der Waals surface area contributed by atoms with Crippen LogP contribution in [0.1, 0.15) is 13.3 Å². The third-order valence-electron chi connectivity index (χ3n) is 2.85. The van der Waals surface area contributed by atoms with E-state index in [0.717, 1.165) is 0 Å². The second-order valence-electron chi connectivity index (χ2n) is 4.27. The van der Waals surface area contributed by atoms with E-state index in [1.54, 1.807) is 30.3 Å². The largest absolute Gasteiger partial charge is 0.481 e. The molecule has 7 heteroatoms. The standard InChI is InChI=1S/C14H19NO6/c1-14(19-2,20-3)21-13(18)15(10-9-12(16)17)11-7-5-4-6-8-11/h4-8H,9-10H2,1-3H3,(H,16,17). The predicted octanol–water partition coefficient (Wildman–Crippen LogP) is 2.07. The molecule has 1 aromatic carbocycles. The molecule has 1 aromatic rings. The molecule has 1 N–H and O–H groups in total. The van der Waals surface area contributed by atoms with Gasteiger partial charge in [-0.15, -0.1) is 0 Å². The Balaban J connectivity index is 2.90. The van der Waals surface area contributed by atoms with Crippen molar-refractivity contribution in [3.63, 3.8) is 0 Å². The number of anilines is 1. The van der Waals surface area contributed by atoms with Crippen molar-refractivity contribution in [1.29, 1.82) is 0 Å². The van der Waals surface area contributed by atoms with Crippen LogP contribution in [0, 0.1) is 0 Å². The molecule has 0 atom stereocenters. The summed E-state index contributed by atoms with van der Waals surface area (Å²) >= 11 is 0. The summed E-state index contributed by atoms with van der Waals surface area (Å²) in [5.41, 5.74) is 0.526. The van der Waals surface area contributed by atoms with Crippen molar-refractivity contribution in [3.05, 3.63) is 30.3 Å². The number of carbonyl (C=O) groups excluding carboxylic acids is 1. The lowest BCUT2D eigenvalue weighted by atomic mass is 10.3. The van der Waals surface area contributed by atoms with Gasteiger partial charge in [0, 0.05) is 33.4 Å². The second kappa shape index (κ2) is 7.61. The quantitative estimate of drug-likeness (QED) is 0.775. The lowest BCUT2D eigenvalue weighted by Gasteiger charge is -2.29. The van der Waals surface area contributed by atoms with Crippen LogP contribution in [-0.2, 0) is 19.0 Å². The van der Waals surface area contributed by atoms with E-state index in [2.05, 4.69) is 0 Å². The molecule has 1 rings (SSSR count). The van der Waals surface area contributed by atoms with Crippen LogP contribution < -0.4 is 4.90 Å². The van der Waals surface area contributed by atoms with Crippen LogP contribution in [-0.4, -0.2) is 43.9 Å². The van der Waals surface area contributed by atoms with Gasteiger partial charge in [-0.25, -0.2) is 4.79 Å². The molecule has 7 nitrogen and oxygen atoms in total. The number of aliphatic carboxylic acids is 1. The van der Waals surface area contributed by atoms with Crippen LogP contribution >= 0.6 is 0 Å². The van der Waals surface area contributed by atoms with Gasteiger partial charge in [0.15, 0.2) is 0 Å². The van der Waals surface area contributed by atoms with E-state index >= 15 is 0 Å². The minimum atomic E-state index is -1.53. The summed E-state index contributed by atoms with van der Waals surface area (Å²) in [6, 6.07) is 8.63. The summed E-state index contributed by atoms with van der Waals surface area (Å²) in [4.78, 5) is 24.2. The Morgan fingerprint density at radius 1 is 1.19 bits per heavy atom. The molecular formula is C14H19NO6. The molecule has 116 valence electrons. The molecular weight excluding hydrogens is 278 g/mol. The first-order valence-corrected chi connectivity index (χ1v) is 6.29. The average molecular weight is 297 g/mol. The van der Waals surface area contributed by atoms with E-state index in [4.69, 9.17) is 19.3 Å². The highest BCUT2D eigenvalue weighted by Crippen LogP contribution is 2.19. The SMILES string of the molecule is COC(C)(OC)OC(=O)N(CCC(=O)O)c1ccccc1. The zero-order valence-corrected chi connectivity index (χ0v) is 12.2. The second-order valence-corrected chi connectivity index (χ2v) is 4.27. The monoisotopic (exact) mass is 297 g/mol. The van der Waals surface area contributed by atoms with Gasteiger partial charge in [-0.3, -0.25) is 9.69 Å². The van der Waals surface area contributed by atoms with Crippen LogP contribution in [0.5, 0.6) is 0 Å². The van der Waals surface area contributed by atoms with Gasteiger partial charge in [0.25, 0.3) is 0 Å². The third kappa shape index (κ3) is 5.05. The number of amides is 1. The summed E-state index contributed by atoms with van der Waals surface area (Å²) in [7, 11) is 2.67. The Bertz CT molecular complexity index is 472. The summed E-state index contributed by atoms with van der Waals surface area (Å²) in [5, 5.41) is 8.79. The molecule has 0 bridgehead atoms. The number of methoxy groups -OCH3 is 2. The highest BCUT2D eigenvalue weighted by Gasteiger charge is 2.31. The first-order valence-electron chi connectivity index (χ1n) is 6.29. The minimum absolute atomic E-state index is 0.0261. The zero-order chi connectivity index (χ0) is 15.9. The average Bonchev–Trinajstić information content (AvgIpc) is 2.48. The molecule has 0 fully saturated rings. The number of carbonyl (C=O) groups is 2. The summed E-state index contributed by atoms with van der Waals surface area (Å²) in [5.74, 6) is -2.54. The van der Waals surface area contributed by atoms with Gasteiger partial charge in [0.1, 0.15) is 0 Å². The van der Waals surface area contributed by atoms with Gasteiger partial charge in [-0.05, 0) is 12.1 Å². The van der Waals surface area contributed by atoms with E-state index in [0.29, 0.717) is 5.69 Å². The third-order valence-corrected chi connectivity index (χ3v) is 2.85. The Labute approximate surface area is 123 Å². The Hall–Kier alpha value is -2.12. The Morgan fingerprint density at radius 3 is 2.24 bits per heavy atom. The van der Waals surface area contributed by atoms with Gasteiger partial charge in [-0.1, -0.05) is 18.2 Å². The van der Waals surface area contributed by atoms with Crippen LogP contribution in [0.3, 0.4) is 0 Å². The molecule has 0 heterocycles. The van der Waals surface area contributed by atoms with E-state index in [9.17, 15) is 9.59 Å². The molecule has 1 amide bonds. The van der Waals surface area contributed by atoms with E-state index < -0.39 is 18.0 Å². The topological polar surface area (TPSA) is 85.3 Å². The first-order chi connectivity index (χ1) is 9.91. The summed E-state index contributed by atoms with van der Waals surface area (Å²) < 4.78 is 15.1. The number of benzene rings is 1. The van der Waals surface area contributed by atoms with Crippen molar-refractivity contribution >= 4 is 17.7 Å². The van der Waals surface area contributed by atoms with Crippen LogP contribution in [0.4, 0.5) is 10.5 Å². The fourth-order valence-corrected chi connectivity index (χ4v) is 1.52. The molecule has 0 saturated heterocycles. The number of hydrogen-bond acceptors (Lipinski definition) is 5. The summed E-state index contributed by atoms with van der Waals surface area (Å²) in [6.45, 7) is 1.41. The zero-order valence-electron chi connectivity index (χ0n) is 12.2.